The Hall–Kier alpha value is -1.10. The number of likely N-dealkylation sites (N-methyl/N-ethyl adjacent to an activating group) is 1. The van der Waals surface area contributed by atoms with Crippen molar-refractivity contribution < 1.29 is 14.3 Å². The number of morpholine rings is 1. The van der Waals surface area contributed by atoms with Gasteiger partial charge in [-0.05, 0) is 14.0 Å². The van der Waals surface area contributed by atoms with Crippen molar-refractivity contribution in [3.05, 3.63) is 0 Å². The van der Waals surface area contributed by atoms with E-state index in [0.717, 1.165) is 0 Å². The molecule has 0 bridgehead atoms. The molecule has 5 heteroatoms. The quantitative estimate of drug-likeness (QED) is 0.573. The number of hydrogen-bond acceptors (Lipinski definition) is 4. The number of ether oxygens (including phenoxy) is 1. The lowest BCUT2D eigenvalue weighted by Gasteiger charge is -2.31. The van der Waals surface area contributed by atoms with Crippen LogP contribution in [-0.2, 0) is 14.3 Å². The smallest absolute Gasteiger partial charge is 0.326 e. The van der Waals surface area contributed by atoms with Gasteiger partial charge in [-0.2, -0.15) is 0 Å². The van der Waals surface area contributed by atoms with Crippen molar-refractivity contribution in [3.63, 3.8) is 0 Å². The van der Waals surface area contributed by atoms with Gasteiger partial charge in [0.1, 0.15) is 6.54 Å². The average Bonchev–Trinajstić information content (AvgIpc) is 2.09. The second-order valence-electron chi connectivity index (χ2n) is 3.09. The van der Waals surface area contributed by atoms with Gasteiger partial charge < -0.3 is 15.0 Å². The fraction of sp³-hybridized carbons (Fsp3) is 0.750. The minimum Gasteiger partial charge on any atom is -0.454 e. The van der Waals surface area contributed by atoms with Gasteiger partial charge in [-0.15, -0.1) is 0 Å². The molecular weight excluding hydrogens is 172 g/mol. The first kappa shape index (κ1) is 9.98. The Bertz CT molecular complexity index is 217. The van der Waals surface area contributed by atoms with Crippen LogP contribution in [0.25, 0.3) is 0 Å². The number of nitrogens with zero attached hydrogens (tertiary/aromatic N) is 1. The Labute approximate surface area is 77.0 Å². The molecule has 1 amide bonds. The zero-order chi connectivity index (χ0) is 9.84. The maximum atomic E-state index is 11.3. The maximum Gasteiger partial charge on any atom is 0.326 e. The Balaban J connectivity index is 2.54. The average molecular weight is 186 g/mol. The second-order valence-corrected chi connectivity index (χ2v) is 3.09. The normalized spacial score (nSPS) is 20.0. The van der Waals surface area contributed by atoms with Crippen molar-refractivity contribution >= 4 is 11.9 Å². The number of carbonyl (C=O) groups excluding carboxylic acids is 2. The van der Waals surface area contributed by atoms with E-state index < -0.39 is 0 Å². The lowest BCUT2D eigenvalue weighted by atomic mass is 10.2. The number of carbonyl (C=O) groups is 2. The van der Waals surface area contributed by atoms with E-state index >= 15 is 0 Å². The molecule has 1 unspecified atom stereocenters. The molecule has 1 aliphatic heterocycles. The van der Waals surface area contributed by atoms with Gasteiger partial charge in [0.15, 0.2) is 6.61 Å². The van der Waals surface area contributed by atoms with Crippen LogP contribution < -0.4 is 5.32 Å². The van der Waals surface area contributed by atoms with Crippen LogP contribution in [0.3, 0.4) is 0 Å². The summed E-state index contributed by atoms with van der Waals surface area (Å²) in [7, 11) is 1.81. The zero-order valence-corrected chi connectivity index (χ0v) is 7.87. The molecule has 0 aromatic carbocycles. The van der Waals surface area contributed by atoms with Gasteiger partial charge in [-0.1, -0.05) is 0 Å². The van der Waals surface area contributed by atoms with E-state index in [1.54, 1.807) is 0 Å². The third-order valence-corrected chi connectivity index (χ3v) is 2.01. The third-order valence-electron chi connectivity index (χ3n) is 2.01. The van der Waals surface area contributed by atoms with E-state index in [1.165, 1.54) is 4.90 Å². The number of rotatable bonds is 3. The van der Waals surface area contributed by atoms with Crippen LogP contribution in [0.2, 0.25) is 0 Å². The molecule has 0 aliphatic carbocycles. The molecule has 1 heterocycles. The lowest BCUT2D eigenvalue weighted by molar-refractivity contribution is -0.164. The summed E-state index contributed by atoms with van der Waals surface area (Å²) in [6, 6.07) is 0.0327. The third kappa shape index (κ3) is 2.42. The molecule has 13 heavy (non-hydrogen) atoms. The summed E-state index contributed by atoms with van der Waals surface area (Å²) in [6.45, 7) is 2.53. The van der Waals surface area contributed by atoms with Gasteiger partial charge in [0, 0.05) is 12.6 Å². The summed E-state index contributed by atoms with van der Waals surface area (Å²) in [6.07, 6.45) is 0. The number of hydrogen-bond donors (Lipinski definition) is 1. The minimum atomic E-state index is -0.331. The Kier molecular flexibility index (Phi) is 3.25. The SMILES string of the molecule is CNCC(C)N1CC(=O)OCC1=O. The Morgan fingerprint density at radius 3 is 2.92 bits per heavy atom. The summed E-state index contributed by atoms with van der Waals surface area (Å²) in [5.74, 6) is -0.454. The maximum absolute atomic E-state index is 11.3. The van der Waals surface area contributed by atoms with E-state index in [2.05, 4.69) is 10.1 Å². The monoisotopic (exact) mass is 186 g/mol. The highest BCUT2D eigenvalue weighted by molar-refractivity contribution is 5.88. The van der Waals surface area contributed by atoms with Crippen LogP contribution in [-0.4, -0.2) is 49.6 Å². The summed E-state index contributed by atoms with van der Waals surface area (Å²) in [5, 5.41) is 2.95. The highest BCUT2D eigenvalue weighted by atomic mass is 16.5. The molecule has 1 fully saturated rings. The molecule has 0 aromatic heterocycles. The largest absolute Gasteiger partial charge is 0.454 e. The fourth-order valence-electron chi connectivity index (χ4n) is 1.31. The topological polar surface area (TPSA) is 58.6 Å². The van der Waals surface area contributed by atoms with Gasteiger partial charge in [-0.3, -0.25) is 9.59 Å². The first-order chi connectivity index (χ1) is 6.15. The minimum absolute atomic E-state index is 0.0327. The lowest BCUT2D eigenvalue weighted by Crippen LogP contribution is -2.51. The molecule has 0 radical (unpaired) electrons. The second kappa shape index (κ2) is 4.23. The van der Waals surface area contributed by atoms with Crippen LogP contribution in [0.15, 0.2) is 0 Å². The van der Waals surface area contributed by atoms with Crippen molar-refractivity contribution in [1.29, 1.82) is 0 Å². The number of amides is 1. The van der Waals surface area contributed by atoms with Crippen molar-refractivity contribution in [1.82, 2.24) is 10.2 Å². The van der Waals surface area contributed by atoms with Gasteiger partial charge >= 0.3 is 5.97 Å². The van der Waals surface area contributed by atoms with Crippen LogP contribution >= 0.6 is 0 Å². The highest BCUT2D eigenvalue weighted by Crippen LogP contribution is 2.04. The predicted molar refractivity (Wildman–Crippen MR) is 46.1 cm³/mol. The van der Waals surface area contributed by atoms with E-state index in [1.807, 2.05) is 14.0 Å². The van der Waals surface area contributed by atoms with E-state index in [9.17, 15) is 9.59 Å². The van der Waals surface area contributed by atoms with Gasteiger partial charge in [0.2, 0.25) is 0 Å². The number of esters is 1. The number of cyclic esters (lactones) is 1. The van der Waals surface area contributed by atoms with E-state index in [0.29, 0.717) is 6.54 Å². The molecule has 5 nitrogen and oxygen atoms in total. The van der Waals surface area contributed by atoms with Gasteiger partial charge in [0.05, 0.1) is 0 Å². The van der Waals surface area contributed by atoms with Crippen LogP contribution in [0.4, 0.5) is 0 Å². The molecule has 74 valence electrons. The molecule has 0 saturated carbocycles. The fourth-order valence-corrected chi connectivity index (χ4v) is 1.31. The number of nitrogens with one attached hydrogen (secondary N) is 1. The molecule has 1 rings (SSSR count). The zero-order valence-electron chi connectivity index (χ0n) is 7.87. The molecule has 1 atom stereocenters. The highest BCUT2D eigenvalue weighted by Gasteiger charge is 2.28. The first-order valence-corrected chi connectivity index (χ1v) is 4.25. The summed E-state index contributed by atoms with van der Waals surface area (Å²) >= 11 is 0. The van der Waals surface area contributed by atoms with Crippen molar-refractivity contribution in [2.45, 2.75) is 13.0 Å². The predicted octanol–water partition coefficient (Wildman–Crippen LogP) is -1.02. The molecular formula is C8H14N2O3. The summed E-state index contributed by atoms with van der Waals surface area (Å²) in [5.41, 5.74) is 0. The van der Waals surface area contributed by atoms with Gasteiger partial charge in [0.25, 0.3) is 5.91 Å². The summed E-state index contributed by atoms with van der Waals surface area (Å²) < 4.78 is 4.60. The van der Waals surface area contributed by atoms with Crippen molar-refractivity contribution in [2.75, 3.05) is 26.7 Å². The first-order valence-electron chi connectivity index (χ1n) is 4.25. The van der Waals surface area contributed by atoms with Crippen LogP contribution in [0.5, 0.6) is 0 Å². The molecule has 1 N–H and O–H groups in total. The van der Waals surface area contributed by atoms with Crippen molar-refractivity contribution in [3.8, 4) is 0 Å². The van der Waals surface area contributed by atoms with E-state index in [4.69, 9.17) is 0 Å². The van der Waals surface area contributed by atoms with E-state index in [-0.39, 0.29) is 31.1 Å². The van der Waals surface area contributed by atoms with Crippen LogP contribution in [0.1, 0.15) is 6.92 Å². The molecule has 1 saturated heterocycles. The standard InChI is InChI=1S/C8H14N2O3/c1-6(3-9-2)10-4-8(12)13-5-7(10)11/h6,9H,3-5H2,1-2H3. The molecule has 1 aliphatic rings. The van der Waals surface area contributed by atoms with Crippen LogP contribution in [0, 0.1) is 0 Å². The van der Waals surface area contributed by atoms with Crippen molar-refractivity contribution in [2.24, 2.45) is 0 Å². The Morgan fingerprint density at radius 2 is 2.31 bits per heavy atom. The summed E-state index contributed by atoms with van der Waals surface area (Å²) in [4.78, 5) is 23.7. The molecule has 0 aromatic rings. The van der Waals surface area contributed by atoms with Gasteiger partial charge in [-0.25, -0.2) is 0 Å². The molecule has 0 spiro atoms. The Morgan fingerprint density at radius 1 is 1.62 bits per heavy atom.